The Bertz CT molecular complexity index is 251. The third-order valence-corrected chi connectivity index (χ3v) is 4.56. The Balaban J connectivity index is 1.83. The van der Waals surface area contributed by atoms with Crippen molar-refractivity contribution in [2.24, 2.45) is 5.41 Å². The van der Waals surface area contributed by atoms with Crippen LogP contribution in [0.15, 0.2) is 0 Å². The minimum absolute atomic E-state index is 0.497. The highest BCUT2D eigenvalue weighted by Crippen LogP contribution is 2.57. The summed E-state index contributed by atoms with van der Waals surface area (Å²) in [6.07, 6.45) is 5.87. The zero-order valence-electron chi connectivity index (χ0n) is 11.8. The second-order valence-corrected chi connectivity index (χ2v) is 6.15. The molecule has 100 valence electrons. The van der Waals surface area contributed by atoms with Crippen LogP contribution >= 0.6 is 0 Å². The third kappa shape index (κ3) is 2.51. The Hall–Kier alpha value is -0.120. The zero-order chi connectivity index (χ0) is 12.5. The molecule has 2 aliphatic rings. The first-order valence-electron chi connectivity index (χ1n) is 7.11. The summed E-state index contributed by atoms with van der Waals surface area (Å²) in [7, 11) is 4.28. The van der Waals surface area contributed by atoms with Crippen molar-refractivity contribution in [3.05, 3.63) is 0 Å². The van der Waals surface area contributed by atoms with E-state index in [0.717, 1.165) is 13.2 Å². The minimum Gasteiger partial charge on any atom is -0.378 e. The molecule has 2 aliphatic carbocycles. The maximum absolute atomic E-state index is 5.88. The molecular weight excluding hydrogens is 212 g/mol. The van der Waals surface area contributed by atoms with Crippen molar-refractivity contribution in [3.63, 3.8) is 0 Å². The molecule has 0 aliphatic heterocycles. The van der Waals surface area contributed by atoms with Gasteiger partial charge in [-0.3, -0.25) is 0 Å². The molecule has 0 aromatic heterocycles. The van der Waals surface area contributed by atoms with Crippen LogP contribution in [0.4, 0.5) is 0 Å². The van der Waals surface area contributed by atoms with Crippen molar-refractivity contribution in [3.8, 4) is 0 Å². The van der Waals surface area contributed by atoms with E-state index in [2.05, 4.69) is 38.2 Å². The van der Waals surface area contributed by atoms with E-state index in [1.54, 1.807) is 0 Å². The van der Waals surface area contributed by atoms with E-state index in [0.29, 0.717) is 23.6 Å². The summed E-state index contributed by atoms with van der Waals surface area (Å²) < 4.78 is 5.88. The van der Waals surface area contributed by atoms with E-state index < -0.39 is 0 Å². The van der Waals surface area contributed by atoms with Gasteiger partial charge in [0.05, 0.1) is 6.10 Å². The average molecular weight is 240 g/mol. The molecule has 17 heavy (non-hydrogen) atoms. The molecule has 0 heterocycles. The Kier molecular flexibility index (Phi) is 4.11. The molecular formula is C14H28N2O. The van der Waals surface area contributed by atoms with E-state index in [-0.39, 0.29) is 0 Å². The molecule has 2 fully saturated rings. The number of likely N-dealkylation sites (N-methyl/N-ethyl adjacent to an activating group) is 1. The highest BCUT2D eigenvalue weighted by Gasteiger charge is 2.58. The van der Waals surface area contributed by atoms with Gasteiger partial charge in [0.2, 0.25) is 0 Å². The summed E-state index contributed by atoms with van der Waals surface area (Å²) in [6, 6.07) is 1.28. The Morgan fingerprint density at radius 3 is 2.59 bits per heavy atom. The largest absolute Gasteiger partial charge is 0.378 e. The molecule has 2 saturated carbocycles. The van der Waals surface area contributed by atoms with Gasteiger partial charge in [-0.25, -0.2) is 0 Å². The van der Waals surface area contributed by atoms with Crippen LogP contribution in [0.2, 0.25) is 0 Å². The molecule has 1 spiro atoms. The zero-order valence-corrected chi connectivity index (χ0v) is 11.8. The summed E-state index contributed by atoms with van der Waals surface area (Å²) in [5.41, 5.74) is 0.497. The second-order valence-electron chi connectivity index (χ2n) is 6.15. The molecule has 0 bridgehead atoms. The van der Waals surface area contributed by atoms with Gasteiger partial charge >= 0.3 is 0 Å². The summed E-state index contributed by atoms with van der Waals surface area (Å²) in [5.74, 6) is 0. The molecule has 2 rings (SSSR count). The number of hydrogen-bond donors (Lipinski definition) is 1. The first kappa shape index (κ1) is 13.3. The highest BCUT2D eigenvalue weighted by molar-refractivity contribution is 5.12. The lowest BCUT2D eigenvalue weighted by Gasteiger charge is -2.61. The molecule has 3 unspecified atom stereocenters. The van der Waals surface area contributed by atoms with Crippen molar-refractivity contribution in [2.75, 3.05) is 27.2 Å². The molecule has 3 heteroatoms. The van der Waals surface area contributed by atoms with Crippen molar-refractivity contribution in [2.45, 2.75) is 57.7 Å². The molecule has 0 aromatic rings. The fraction of sp³-hybridized carbons (Fsp3) is 1.00. The summed E-state index contributed by atoms with van der Waals surface area (Å²) in [4.78, 5) is 2.25. The summed E-state index contributed by atoms with van der Waals surface area (Å²) >= 11 is 0. The molecule has 0 aromatic carbocycles. The predicted molar refractivity (Wildman–Crippen MR) is 71.3 cm³/mol. The van der Waals surface area contributed by atoms with Crippen LogP contribution in [0.1, 0.15) is 39.5 Å². The molecule has 3 nitrogen and oxygen atoms in total. The molecule has 0 saturated heterocycles. The van der Waals surface area contributed by atoms with Crippen LogP contribution in [-0.2, 0) is 4.74 Å². The fourth-order valence-electron chi connectivity index (χ4n) is 3.62. The SMILES string of the molecule is CCOC1CC(NC(C)CN(C)C)C12CCC2. The number of hydrogen-bond acceptors (Lipinski definition) is 3. The highest BCUT2D eigenvalue weighted by atomic mass is 16.5. The van der Waals surface area contributed by atoms with Gasteiger partial charge in [0.25, 0.3) is 0 Å². The maximum Gasteiger partial charge on any atom is 0.0661 e. The van der Waals surface area contributed by atoms with Gasteiger partial charge in [-0.1, -0.05) is 6.42 Å². The van der Waals surface area contributed by atoms with Gasteiger partial charge in [-0.05, 0) is 47.2 Å². The van der Waals surface area contributed by atoms with Gasteiger partial charge < -0.3 is 15.0 Å². The first-order valence-corrected chi connectivity index (χ1v) is 7.11. The van der Waals surface area contributed by atoms with Gasteiger partial charge in [-0.15, -0.1) is 0 Å². The lowest BCUT2D eigenvalue weighted by Crippen LogP contribution is -2.68. The molecule has 3 atom stereocenters. The van der Waals surface area contributed by atoms with Gasteiger partial charge in [-0.2, -0.15) is 0 Å². The van der Waals surface area contributed by atoms with E-state index in [1.807, 2.05) is 0 Å². The second kappa shape index (κ2) is 5.25. The fourth-order valence-corrected chi connectivity index (χ4v) is 3.62. The van der Waals surface area contributed by atoms with Crippen LogP contribution in [0, 0.1) is 5.41 Å². The monoisotopic (exact) mass is 240 g/mol. The smallest absolute Gasteiger partial charge is 0.0661 e. The first-order chi connectivity index (χ1) is 8.08. The summed E-state index contributed by atoms with van der Waals surface area (Å²) in [6.45, 7) is 6.39. The predicted octanol–water partition coefficient (Wildman–Crippen LogP) is 1.87. The van der Waals surface area contributed by atoms with Crippen LogP contribution in [0.3, 0.4) is 0 Å². The van der Waals surface area contributed by atoms with Gasteiger partial charge in [0, 0.05) is 30.7 Å². The van der Waals surface area contributed by atoms with E-state index >= 15 is 0 Å². The quantitative estimate of drug-likeness (QED) is 0.767. The lowest BCUT2D eigenvalue weighted by molar-refractivity contribution is -0.174. The number of nitrogens with one attached hydrogen (secondary N) is 1. The van der Waals surface area contributed by atoms with Gasteiger partial charge in [0.1, 0.15) is 0 Å². The Morgan fingerprint density at radius 2 is 2.12 bits per heavy atom. The average Bonchev–Trinajstić information content (AvgIpc) is 2.11. The van der Waals surface area contributed by atoms with Crippen LogP contribution in [0.5, 0.6) is 0 Å². The van der Waals surface area contributed by atoms with E-state index in [4.69, 9.17) is 4.74 Å². The topological polar surface area (TPSA) is 24.5 Å². The number of ether oxygens (including phenoxy) is 1. The molecule has 0 radical (unpaired) electrons. The third-order valence-electron chi connectivity index (χ3n) is 4.56. The Morgan fingerprint density at radius 1 is 1.41 bits per heavy atom. The molecule has 0 amide bonds. The standard InChI is InChI=1S/C14H28N2O/c1-5-17-13-9-12(14(13)7-6-8-14)15-11(2)10-16(3)4/h11-13,15H,5-10H2,1-4H3. The maximum atomic E-state index is 5.88. The number of nitrogens with zero attached hydrogens (tertiary/aromatic N) is 1. The van der Waals surface area contributed by atoms with E-state index in [1.165, 1.54) is 25.7 Å². The van der Waals surface area contributed by atoms with Gasteiger partial charge in [0.15, 0.2) is 0 Å². The van der Waals surface area contributed by atoms with Crippen molar-refractivity contribution < 1.29 is 4.74 Å². The van der Waals surface area contributed by atoms with Crippen LogP contribution < -0.4 is 5.32 Å². The summed E-state index contributed by atoms with van der Waals surface area (Å²) in [5, 5.41) is 3.81. The Labute approximate surface area is 106 Å². The van der Waals surface area contributed by atoms with E-state index in [9.17, 15) is 0 Å². The van der Waals surface area contributed by atoms with Crippen molar-refractivity contribution in [1.82, 2.24) is 10.2 Å². The molecule has 1 N–H and O–H groups in total. The van der Waals surface area contributed by atoms with Crippen LogP contribution in [-0.4, -0.2) is 50.3 Å². The normalized spacial score (nSPS) is 32.3. The lowest BCUT2D eigenvalue weighted by atomic mass is 9.51. The van der Waals surface area contributed by atoms with Crippen molar-refractivity contribution >= 4 is 0 Å². The van der Waals surface area contributed by atoms with Crippen LogP contribution in [0.25, 0.3) is 0 Å². The van der Waals surface area contributed by atoms with Crippen molar-refractivity contribution in [1.29, 1.82) is 0 Å². The number of rotatable bonds is 6. The minimum atomic E-state index is 0.497.